The summed E-state index contributed by atoms with van der Waals surface area (Å²) in [6.07, 6.45) is 0. The molecular formula is C18H18N2O2. The highest BCUT2D eigenvalue weighted by Crippen LogP contribution is 2.36. The number of hydrogen-bond acceptors (Lipinski definition) is 3. The molecule has 2 aromatic carbocycles. The summed E-state index contributed by atoms with van der Waals surface area (Å²) in [6.45, 7) is 2.39. The van der Waals surface area contributed by atoms with Crippen molar-refractivity contribution < 1.29 is 9.90 Å². The predicted octanol–water partition coefficient (Wildman–Crippen LogP) is 3.32. The zero-order valence-corrected chi connectivity index (χ0v) is 12.4. The monoisotopic (exact) mass is 294 g/mol. The largest absolute Gasteiger partial charge is 0.481 e. The predicted molar refractivity (Wildman–Crippen MR) is 85.4 cm³/mol. The molecule has 1 aliphatic rings. The van der Waals surface area contributed by atoms with Gasteiger partial charge >= 0.3 is 5.97 Å². The fraction of sp³-hybridized carbons (Fsp3) is 0.222. The van der Waals surface area contributed by atoms with Gasteiger partial charge in [-0.05, 0) is 18.1 Å². The SMILES string of the molecule is CC1=NN(Cc2ccccc2)C(c2ccccc2)C1C(=O)O. The number of nitrogens with zero attached hydrogens (tertiary/aromatic N) is 2. The van der Waals surface area contributed by atoms with Gasteiger partial charge in [-0.1, -0.05) is 60.7 Å². The van der Waals surface area contributed by atoms with Crippen LogP contribution in [-0.2, 0) is 11.3 Å². The Hall–Kier alpha value is -2.62. The van der Waals surface area contributed by atoms with Crippen LogP contribution in [0.3, 0.4) is 0 Å². The second-order valence-corrected chi connectivity index (χ2v) is 5.50. The Morgan fingerprint density at radius 1 is 1.09 bits per heavy atom. The topological polar surface area (TPSA) is 52.9 Å². The average molecular weight is 294 g/mol. The maximum Gasteiger partial charge on any atom is 0.314 e. The molecule has 0 radical (unpaired) electrons. The summed E-state index contributed by atoms with van der Waals surface area (Å²) in [4.78, 5) is 11.7. The molecule has 1 N–H and O–H groups in total. The fourth-order valence-corrected chi connectivity index (χ4v) is 2.96. The smallest absolute Gasteiger partial charge is 0.314 e. The minimum Gasteiger partial charge on any atom is -0.481 e. The van der Waals surface area contributed by atoms with Crippen molar-refractivity contribution in [1.29, 1.82) is 0 Å². The Morgan fingerprint density at radius 3 is 2.27 bits per heavy atom. The van der Waals surface area contributed by atoms with Crippen LogP contribution in [0.1, 0.15) is 24.1 Å². The molecule has 4 heteroatoms. The summed E-state index contributed by atoms with van der Waals surface area (Å²) in [5, 5.41) is 16.0. The highest BCUT2D eigenvalue weighted by Gasteiger charge is 2.41. The highest BCUT2D eigenvalue weighted by atomic mass is 16.4. The molecule has 1 heterocycles. The van der Waals surface area contributed by atoms with Gasteiger partial charge in [0.15, 0.2) is 0 Å². The van der Waals surface area contributed by atoms with E-state index in [9.17, 15) is 9.90 Å². The standard InChI is InChI=1S/C18H18N2O2/c1-13-16(18(21)22)17(15-10-6-3-7-11-15)20(19-13)12-14-8-4-2-5-9-14/h2-11,16-17H,12H2,1H3,(H,21,22). The van der Waals surface area contributed by atoms with Gasteiger partial charge in [-0.25, -0.2) is 0 Å². The van der Waals surface area contributed by atoms with Crippen LogP contribution in [0, 0.1) is 5.92 Å². The Labute approximate surface area is 129 Å². The van der Waals surface area contributed by atoms with Gasteiger partial charge in [0, 0.05) is 0 Å². The van der Waals surface area contributed by atoms with Crippen molar-refractivity contribution >= 4 is 11.7 Å². The molecule has 0 aromatic heterocycles. The number of aliphatic carboxylic acids is 1. The van der Waals surface area contributed by atoms with Crippen LogP contribution in [0.4, 0.5) is 0 Å². The van der Waals surface area contributed by atoms with Gasteiger partial charge in [0.1, 0.15) is 5.92 Å². The maximum atomic E-state index is 11.7. The van der Waals surface area contributed by atoms with E-state index in [1.54, 1.807) is 6.92 Å². The van der Waals surface area contributed by atoms with E-state index < -0.39 is 11.9 Å². The average Bonchev–Trinajstić information content (AvgIpc) is 2.85. The normalized spacial score (nSPS) is 20.8. The minimum absolute atomic E-state index is 0.265. The third kappa shape index (κ3) is 2.72. The molecule has 4 nitrogen and oxygen atoms in total. The lowest BCUT2D eigenvalue weighted by molar-refractivity contribution is -0.140. The first-order chi connectivity index (χ1) is 10.7. The van der Waals surface area contributed by atoms with E-state index in [0.29, 0.717) is 12.3 Å². The van der Waals surface area contributed by atoms with Crippen molar-refractivity contribution in [2.24, 2.45) is 11.0 Å². The molecule has 2 atom stereocenters. The van der Waals surface area contributed by atoms with Crippen molar-refractivity contribution in [3.05, 3.63) is 71.8 Å². The van der Waals surface area contributed by atoms with Crippen LogP contribution in [0.5, 0.6) is 0 Å². The van der Waals surface area contributed by atoms with E-state index in [0.717, 1.165) is 11.1 Å². The molecule has 0 fully saturated rings. The minimum atomic E-state index is -0.828. The van der Waals surface area contributed by atoms with Gasteiger partial charge in [-0.15, -0.1) is 0 Å². The molecule has 0 bridgehead atoms. The first-order valence-electron chi connectivity index (χ1n) is 7.30. The maximum absolute atomic E-state index is 11.7. The molecule has 0 saturated carbocycles. The molecule has 0 aliphatic carbocycles. The highest BCUT2D eigenvalue weighted by molar-refractivity contribution is 6.02. The Balaban J connectivity index is 1.95. The number of benzene rings is 2. The second kappa shape index (κ2) is 6.02. The lowest BCUT2D eigenvalue weighted by atomic mass is 9.90. The number of hydrazone groups is 1. The van der Waals surface area contributed by atoms with Crippen molar-refractivity contribution in [1.82, 2.24) is 5.01 Å². The van der Waals surface area contributed by atoms with Crippen molar-refractivity contribution in [3.8, 4) is 0 Å². The lowest BCUT2D eigenvalue weighted by Gasteiger charge is -2.26. The molecule has 2 aromatic rings. The third-order valence-corrected chi connectivity index (χ3v) is 3.97. The summed E-state index contributed by atoms with van der Waals surface area (Å²) in [5.74, 6) is -1.43. The summed E-state index contributed by atoms with van der Waals surface area (Å²) >= 11 is 0. The van der Waals surface area contributed by atoms with Gasteiger partial charge < -0.3 is 5.11 Å². The Bertz CT molecular complexity index is 683. The van der Waals surface area contributed by atoms with Crippen LogP contribution in [0.2, 0.25) is 0 Å². The second-order valence-electron chi connectivity index (χ2n) is 5.50. The van der Waals surface area contributed by atoms with Crippen molar-refractivity contribution in [3.63, 3.8) is 0 Å². The van der Waals surface area contributed by atoms with Gasteiger partial charge in [0.25, 0.3) is 0 Å². The molecule has 3 rings (SSSR count). The zero-order chi connectivity index (χ0) is 15.5. The van der Waals surface area contributed by atoms with E-state index in [4.69, 9.17) is 0 Å². The van der Waals surface area contributed by atoms with Gasteiger partial charge in [0.2, 0.25) is 0 Å². The van der Waals surface area contributed by atoms with Crippen LogP contribution in [0.15, 0.2) is 65.8 Å². The molecular weight excluding hydrogens is 276 g/mol. The van der Waals surface area contributed by atoms with E-state index in [-0.39, 0.29) is 6.04 Å². The first-order valence-corrected chi connectivity index (χ1v) is 7.30. The summed E-state index contributed by atoms with van der Waals surface area (Å²) in [6, 6.07) is 19.5. The Morgan fingerprint density at radius 2 is 1.68 bits per heavy atom. The molecule has 22 heavy (non-hydrogen) atoms. The Kier molecular flexibility index (Phi) is 3.92. The number of carboxylic acids is 1. The zero-order valence-electron chi connectivity index (χ0n) is 12.4. The van der Waals surface area contributed by atoms with E-state index in [2.05, 4.69) is 5.10 Å². The fourth-order valence-electron chi connectivity index (χ4n) is 2.96. The number of carbonyl (C=O) groups is 1. The molecule has 112 valence electrons. The summed E-state index contributed by atoms with van der Waals surface area (Å²) < 4.78 is 0. The van der Waals surface area contributed by atoms with E-state index in [1.807, 2.05) is 65.7 Å². The van der Waals surface area contributed by atoms with Crippen molar-refractivity contribution in [2.75, 3.05) is 0 Å². The van der Waals surface area contributed by atoms with Crippen LogP contribution < -0.4 is 0 Å². The molecule has 0 spiro atoms. The van der Waals surface area contributed by atoms with Gasteiger partial charge in [-0.2, -0.15) is 5.10 Å². The van der Waals surface area contributed by atoms with Gasteiger partial charge in [0.05, 0.1) is 18.3 Å². The lowest BCUT2D eigenvalue weighted by Crippen LogP contribution is -2.30. The number of hydrogen-bond donors (Lipinski definition) is 1. The quantitative estimate of drug-likeness (QED) is 0.941. The van der Waals surface area contributed by atoms with Crippen LogP contribution in [-0.4, -0.2) is 21.8 Å². The number of rotatable bonds is 4. The molecule has 1 aliphatic heterocycles. The third-order valence-electron chi connectivity index (χ3n) is 3.97. The van der Waals surface area contributed by atoms with Crippen LogP contribution in [0.25, 0.3) is 0 Å². The van der Waals surface area contributed by atoms with Crippen molar-refractivity contribution in [2.45, 2.75) is 19.5 Å². The first kappa shape index (κ1) is 14.3. The summed E-state index contributed by atoms with van der Waals surface area (Å²) in [7, 11) is 0. The van der Waals surface area contributed by atoms with E-state index in [1.165, 1.54) is 0 Å². The summed E-state index contributed by atoms with van der Waals surface area (Å²) in [5.41, 5.74) is 2.75. The number of carboxylic acid groups (broad SMARTS) is 1. The molecule has 0 amide bonds. The van der Waals surface area contributed by atoms with Crippen LogP contribution >= 0.6 is 0 Å². The molecule has 0 saturated heterocycles. The van der Waals surface area contributed by atoms with E-state index >= 15 is 0 Å². The molecule has 2 unspecified atom stereocenters. The van der Waals surface area contributed by atoms with Gasteiger partial charge in [-0.3, -0.25) is 9.80 Å².